The van der Waals surface area contributed by atoms with E-state index < -0.39 is 0 Å². The summed E-state index contributed by atoms with van der Waals surface area (Å²) in [5, 5.41) is 7.42. The molecule has 2 aromatic heterocycles. The molecule has 0 bridgehead atoms. The molecule has 0 aliphatic heterocycles. The minimum Gasteiger partial charge on any atom is -0.325 e. The van der Waals surface area contributed by atoms with E-state index >= 15 is 0 Å². The second-order valence-corrected chi connectivity index (χ2v) is 8.43. The van der Waals surface area contributed by atoms with Crippen LogP contribution in [0, 0.1) is 20.8 Å². The topological polar surface area (TPSA) is 67.7 Å². The van der Waals surface area contributed by atoms with Crippen molar-refractivity contribution >= 4 is 45.9 Å². The molecule has 0 amide bonds. The Morgan fingerprint density at radius 3 is 2.27 bits per heavy atom. The Bertz CT molecular complexity index is 1430. The summed E-state index contributed by atoms with van der Waals surface area (Å²) in [6, 6.07) is 21.6. The third kappa shape index (κ3) is 4.25. The van der Waals surface area contributed by atoms with Gasteiger partial charge in [0.1, 0.15) is 5.82 Å². The van der Waals surface area contributed by atoms with Gasteiger partial charge in [0.25, 0.3) is 0 Å². The Labute approximate surface area is 197 Å². The maximum absolute atomic E-state index is 6.05. The molecule has 0 radical (unpaired) electrons. The first kappa shape index (κ1) is 21.0. The summed E-state index contributed by atoms with van der Waals surface area (Å²) in [7, 11) is 0. The van der Waals surface area contributed by atoms with E-state index in [1.165, 1.54) is 16.7 Å². The molecule has 0 aliphatic carbocycles. The number of fused-ring (bicyclic) bond motifs is 1. The van der Waals surface area contributed by atoms with Gasteiger partial charge >= 0.3 is 0 Å². The van der Waals surface area contributed by atoms with Gasteiger partial charge in [0.2, 0.25) is 11.9 Å². The molecule has 0 fully saturated rings. The van der Waals surface area contributed by atoms with Gasteiger partial charge in [0, 0.05) is 28.7 Å². The van der Waals surface area contributed by atoms with Crippen molar-refractivity contribution in [3.63, 3.8) is 0 Å². The number of para-hydroxylation sites is 2. The summed E-state index contributed by atoms with van der Waals surface area (Å²) in [5.74, 6) is 1.88. The number of nitrogens with zero attached hydrogens (tertiary/aromatic N) is 4. The van der Waals surface area contributed by atoms with E-state index in [1.807, 2.05) is 59.2 Å². The number of benzene rings is 3. The van der Waals surface area contributed by atoms with E-state index in [-0.39, 0.29) is 0 Å². The highest BCUT2D eigenvalue weighted by atomic mass is 35.5. The number of aromatic nitrogens is 4. The van der Waals surface area contributed by atoms with E-state index in [1.54, 1.807) is 6.20 Å². The van der Waals surface area contributed by atoms with Crippen LogP contribution in [0.15, 0.2) is 72.9 Å². The van der Waals surface area contributed by atoms with Crippen molar-refractivity contribution in [3.8, 4) is 5.82 Å². The Hall–Kier alpha value is -3.90. The van der Waals surface area contributed by atoms with Crippen LogP contribution in [0.4, 0.5) is 23.3 Å². The van der Waals surface area contributed by atoms with Gasteiger partial charge in [-0.15, -0.1) is 0 Å². The van der Waals surface area contributed by atoms with Gasteiger partial charge in [0.05, 0.1) is 11.0 Å². The SMILES string of the molecule is Cc1cc(Nc2nccc(-n3c(Nc4ccc(Cl)cc4)nc4ccccc43)n2)cc(C)c1C. The van der Waals surface area contributed by atoms with Crippen LogP contribution in [0.3, 0.4) is 0 Å². The zero-order chi connectivity index (χ0) is 22.9. The third-order valence-electron chi connectivity index (χ3n) is 5.71. The van der Waals surface area contributed by atoms with Gasteiger partial charge < -0.3 is 10.6 Å². The highest BCUT2D eigenvalue weighted by Crippen LogP contribution is 2.28. The Morgan fingerprint density at radius 2 is 1.52 bits per heavy atom. The van der Waals surface area contributed by atoms with Gasteiger partial charge in [-0.25, -0.2) is 9.97 Å². The molecule has 0 saturated carbocycles. The van der Waals surface area contributed by atoms with E-state index in [4.69, 9.17) is 21.6 Å². The summed E-state index contributed by atoms with van der Waals surface area (Å²) < 4.78 is 1.99. The summed E-state index contributed by atoms with van der Waals surface area (Å²) in [4.78, 5) is 14.0. The molecule has 0 aliphatic rings. The second kappa shape index (κ2) is 8.56. The molecular weight excluding hydrogens is 432 g/mol. The smallest absolute Gasteiger partial charge is 0.229 e. The lowest BCUT2D eigenvalue weighted by Crippen LogP contribution is -2.06. The molecular formula is C26H23ClN6. The molecule has 0 atom stereocenters. The molecule has 164 valence electrons. The molecule has 6 nitrogen and oxygen atoms in total. The largest absolute Gasteiger partial charge is 0.325 e. The van der Waals surface area contributed by atoms with Gasteiger partial charge in [0.15, 0.2) is 0 Å². The van der Waals surface area contributed by atoms with Crippen LogP contribution in [0.25, 0.3) is 16.9 Å². The Kier molecular flexibility index (Phi) is 5.44. The minimum atomic E-state index is 0.519. The van der Waals surface area contributed by atoms with Gasteiger partial charge in [-0.05, 0) is 86.0 Å². The van der Waals surface area contributed by atoms with Crippen LogP contribution in [0.5, 0.6) is 0 Å². The molecule has 0 unspecified atom stereocenters. The second-order valence-electron chi connectivity index (χ2n) is 7.99. The lowest BCUT2D eigenvalue weighted by molar-refractivity contribution is 1.01. The van der Waals surface area contributed by atoms with Crippen LogP contribution in [0.2, 0.25) is 5.02 Å². The number of halogens is 1. The number of hydrogen-bond acceptors (Lipinski definition) is 5. The van der Waals surface area contributed by atoms with E-state index in [9.17, 15) is 0 Å². The van der Waals surface area contributed by atoms with Crippen LogP contribution in [0.1, 0.15) is 16.7 Å². The average molecular weight is 455 g/mol. The fourth-order valence-corrected chi connectivity index (χ4v) is 3.90. The monoisotopic (exact) mass is 454 g/mol. The fourth-order valence-electron chi connectivity index (χ4n) is 3.77. The number of anilines is 4. The lowest BCUT2D eigenvalue weighted by Gasteiger charge is -2.13. The Morgan fingerprint density at radius 1 is 0.788 bits per heavy atom. The third-order valence-corrected chi connectivity index (χ3v) is 5.97. The summed E-state index contributed by atoms with van der Waals surface area (Å²) in [5.41, 5.74) is 7.40. The summed E-state index contributed by atoms with van der Waals surface area (Å²) in [6.45, 7) is 6.35. The van der Waals surface area contributed by atoms with Crippen molar-refractivity contribution in [1.29, 1.82) is 0 Å². The first-order valence-electron chi connectivity index (χ1n) is 10.7. The molecule has 33 heavy (non-hydrogen) atoms. The molecule has 5 aromatic rings. The van der Waals surface area contributed by atoms with Crippen LogP contribution in [-0.4, -0.2) is 19.5 Å². The molecule has 7 heteroatoms. The van der Waals surface area contributed by atoms with E-state index in [0.717, 1.165) is 22.4 Å². The van der Waals surface area contributed by atoms with E-state index in [0.29, 0.717) is 22.7 Å². The highest BCUT2D eigenvalue weighted by Gasteiger charge is 2.14. The molecule has 5 rings (SSSR count). The highest BCUT2D eigenvalue weighted by molar-refractivity contribution is 6.30. The minimum absolute atomic E-state index is 0.519. The van der Waals surface area contributed by atoms with Crippen LogP contribution >= 0.6 is 11.6 Å². The van der Waals surface area contributed by atoms with Crippen molar-refractivity contribution in [3.05, 3.63) is 94.6 Å². The van der Waals surface area contributed by atoms with Crippen molar-refractivity contribution in [2.45, 2.75) is 20.8 Å². The number of hydrogen-bond donors (Lipinski definition) is 2. The maximum atomic E-state index is 6.05. The lowest BCUT2D eigenvalue weighted by atomic mass is 10.0. The summed E-state index contributed by atoms with van der Waals surface area (Å²) >= 11 is 6.05. The molecule has 0 saturated heterocycles. The predicted octanol–water partition coefficient (Wildman–Crippen LogP) is 6.88. The average Bonchev–Trinajstić information content (AvgIpc) is 3.17. The van der Waals surface area contributed by atoms with E-state index in [2.05, 4.69) is 48.5 Å². The molecule has 0 spiro atoms. The first-order valence-corrected chi connectivity index (χ1v) is 11.0. The van der Waals surface area contributed by atoms with Gasteiger partial charge in [-0.1, -0.05) is 23.7 Å². The van der Waals surface area contributed by atoms with Crippen molar-refractivity contribution < 1.29 is 0 Å². The number of rotatable bonds is 5. The van der Waals surface area contributed by atoms with Gasteiger partial charge in [-0.3, -0.25) is 4.57 Å². The van der Waals surface area contributed by atoms with Crippen LogP contribution < -0.4 is 10.6 Å². The number of imidazole rings is 1. The normalized spacial score (nSPS) is 11.0. The van der Waals surface area contributed by atoms with Gasteiger partial charge in [-0.2, -0.15) is 4.98 Å². The van der Waals surface area contributed by atoms with Crippen molar-refractivity contribution in [2.24, 2.45) is 0 Å². The standard InChI is InChI=1S/C26H23ClN6/c1-16-14-21(15-17(2)18(16)3)29-25-28-13-12-24(32-25)33-23-7-5-4-6-22(23)31-26(33)30-20-10-8-19(27)9-11-20/h4-15H,1-3H3,(H,30,31)(H,28,29,32). The summed E-state index contributed by atoms with van der Waals surface area (Å²) in [6.07, 6.45) is 1.75. The molecule has 3 aromatic carbocycles. The maximum Gasteiger partial charge on any atom is 0.229 e. The first-order chi connectivity index (χ1) is 16.0. The molecule has 2 heterocycles. The van der Waals surface area contributed by atoms with Crippen molar-refractivity contribution in [1.82, 2.24) is 19.5 Å². The fraction of sp³-hybridized carbons (Fsp3) is 0.115. The Balaban J connectivity index is 1.55. The number of aryl methyl sites for hydroxylation is 2. The predicted molar refractivity (Wildman–Crippen MR) is 135 cm³/mol. The van der Waals surface area contributed by atoms with Crippen LogP contribution in [-0.2, 0) is 0 Å². The number of nitrogens with one attached hydrogen (secondary N) is 2. The quantitative estimate of drug-likeness (QED) is 0.303. The zero-order valence-electron chi connectivity index (χ0n) is 18.6. The zero-order valence-corrected chi connectivity index (χ0v) is 19.4. The molecule has 2 N–H and O–H groups in total. The van der Waals surface area contributed by atoms with Crippen molar-refractivity contribution in [2.75, 3.05) is 10.6 Å².